The van der Waals surface area contributed by atoms with Gasteiger partial charge in [0.05, 0.1) is 32.9 Å². The van der Waals surface area contributed by atoms with Gasteiger partial charge < -0.3 is 20.4 Å². The van der Waals surface area contributed by atoms with Crippen molar-refractivity contribution >= 4 is 58.3 Å². The highest BCUT2D eigenvalue weighted by Crippen LogP contribution is 2.43. The molecule has 0 unspecified atom stereocenters. The summed E-state index contributed by atoms with van der Waals surface area (Å²) in [4.78, 5) is 20.6. The molecule has 6 nitrogen and oxygen atoms in total. The van der Waals surface area contributed by atoms with Gasteiger partial charge in [0, 0.05) is 17.7 Å². The lowest BCUT2D eigenvalue weighted by molar-refractivity contribution is -0.139. The molecule has 2 heterocycles. The Kier molecular flexibility index (Phi) is 6.96. The second kappa shape index (κ2) is 9.63. The highest BCUT2D eigenvalue weighted by atomic mass is 35.5. The van der Waals surface area contributed by atoms with E-state index in [2.05, 4.69) is 20.6 Å². The molecule has 5 rings (SSSR count). The van der Waals surface area contributed by atoms with Gasteiger partial charge in [-0.3, -0.25) is 4.79 Å². The van der Waals surface area contributed by atoms with E-state index in [-0.39, 0.29) is 46.1 Å². The second-order valence-corrected chi connectivity index (χ2v) is 9.53. The summed E-state index contributed by atoms with van der Waals surface area (Å²) >= 11 is 6.09. The molecule has 1 aliphatic heterocycles. The van der Waals surface area contributed by atoms with Crippen LogP contribution in [0.5, 0.6) is 5.75 Å². The Labute approximate surface area is 223 Å². The number of hydrogen-bond acceptors (Lipinski definition) is 4. The summed E-state index contributed by atoms with van der Waals surface area (Å²) in [6.45, 7) is 3.61. The molecule has 0 spiro atoms. The molecule has 1 amide bonds. The number of carbonyl (C=O) groups excluding carboxylic acids is 1. The van der Waals surface area contributed by atoms with Crippen LogP contribution in [0.4, 0.5) is 39.3 Å². The van der Waals surface area contributed by atoms with Gasteiger partial charge in [0.2, 0.25) is 5.95 Å². The number of aromatic amines is 1. The van der Waals surface area contributed by atoms with E-state index in [0.29, 0.717) is 35.2 Å². The maximum Gasteiger partial charge on any atom is 0.419 e. The normalized spacial score (nSPS) is 14.0. The molecule has 0 bridgehead atoms. The Bertz CT molecular complexity index is 1550. The summed E-state index contributed by atoms with van der Waals surface area (Å²) in [5.41, 5.74) is -0.955. The smallest absolute Gasteiger partial charge is 0.419 e. The summed E-state index contributed by atoms with van der Waals surface area (Å²) in [7, 11) is 0. The lowest BCUT2D eigenvalue weighted by Crippen LogP contribution is -2.25. The largest absolute Gasteiger partial charge is 0.486 e. The zero-order chi connectivity index (χ0) is 26.7. The zero-order valence-corrected chi connectivity index (χ0v) is 21.3. The van der Waals surface area contributed by atoms with Gasteiger partial charge in [0.1, 0.15) is 23.0 Å². The Balaban J connectivity index is 0.00000336. The molecular weight excluding hydrogens is 554 g/mol. The minimum Gasteiger partial charge on any atom is -0.486 e. The molecule has 4 aromatic rings. The molecular formula is C25H19Cl2F5N4O2. The van der Waals surface area contributed by atoms with E-state index in [1.54, 1.807) is 13.8 Å². The Morgan fingerprint density at radius 2 is 1.87 bits per heavy atom. The molecule has 1 aromatic heterocycles. The number of hydrogen-bond donors (Lipinski definition) is 3. The molecule has 0 aliphatic carbocycles. The van der Waals surface area contributed by atoms with E-state index in [0.717, 1.165) is 6.07 Å². The number of carbonyl (C=O) groups is 1. The Morgan fingerprint density at radius 3 is 2.55 bits per heavy atom. The SMILES string of the molecule is CC1(C)Cc2c(c(C(=O)Nc3ccc(F)c(C(F)(F)F)c3)cc3[nH]c(Nc4c(F)cccc4Cl)nc23)O1.Cl. The number of rotatable bonds is 4. The average molecular weight is 573 g/mol. The van der Waals surface area contributed by atoms with Crippen molar-refractivity contribution in [1.29, 1.82) is 0 Å². The molecule has 200 valence electrons. The number of fused-ring (bicyclic) bond motifs is 3. The molecule has 3 aromatic carbocycles. The van der Waals surface area contributed by atoms with Crippen molar-refractivity contribution in [3.05, 3.63) is 75.8 Å². The van der Waals surface area contributed by atoms with Gasteiger partial charge in [-0.1, -0.05) is 17.7 Å². The maximum absolute atomic E-state index is 14.3. The summed E-state index contributed by atoms with van der Waals surface area (Å²) in [5.74, 6) is -2.45. The fourth-order valence-electron chi connectivity index (χ4n) is 4.20. The van der Waals surface area contributed by atoms with Crippen LogP contribution < -0.4 is 15.4 Å². The number of amides is 1. The van der Waals surface area contributed by atoms with Crippen LogP contribution >= 0.6 is 24.0 Å². The first-order chi connectivity index (χ1) is 17.3. The van der Waals surface area contributed by atoms with E-state index in [1.807, 2.05) is 0 Å². The molecule has 1 aliphatic rings. The van der Waals surface area contributed by atoms with E-state index in [4.69, 9.17) is 16.3 Å². The summed E-state index contributed by atoms with van der Waals surface area (Å²) in [6, 6.07) is 7.80. The number of anilines is 3. The van der Waals surface area contributed by atoms with Crippen LogP contribution in [0.25, 0.3) is 11.0 Å². The lowest BCUT2D eigenvalue weighted by atomic mass is 9.98. The van der Waals surface area contributed by atoms with E-state index in [1.165, 1.54) is 24.3 Å². The molecule has 0 fully saturated rings. The number of H-pyrrole nitrogens is 1. The number of alkyl halides is 3. The standard InChI is InChI=1S/C25H18ClF5N4O2.ClH/c1-24(2)10-13-19-18(33-23(34-19)35-20-15(26)4-3-5-17(20)28)9-12(21(13)37-24)22(36)32-11-6-7-16(27)14(8-11)25(29,30)31;/h3-9H,10H2,1-2H3,(H,32,36)(H2,33,34,35);1H. The first-order valence-electron chi connectivity index (χ1n) is 11.0. The highest BCUT2D eigenvalue weighted by Gasteiger charge is 2.37. The van der Waals surface area contributed by atoms with E-state index < -0.39 is 34.9 Å². The summed E-state index contributed by atoms with van der Waals surface area (Å²) in [6.07, 6.45) is -4.56. The monoisotopic (exact) mass is 572 g/mol. The van der Waals surface area contributed by atoms with Gasteiger partial charge in [-0.2, -0.15) is 13.2 Å². The van der Waals surface area contributed by atoms with Crippen LogP contribution in [0.3, 0.4) is 0 Å². The third-order valence-electron chi connectivity index (χ3n) is 5.79. The number of halogens is 7. The van der Waals surface area contributed by atoms with Crippen LogP contribution in [-0.2, 0) is 12.6 Å². The Morgan fingerprint density at radius 1 is 1.13 bits per heavy atom. The maximum atomic E-state index is 14.3. The topological polar surface area (TPSA) is 79.0 Å². The quantitative estimate of drug-likeness (QED) is 0.219. The molecule has 0 radical (unpaired) electrons. The number of nitrogens with one attached hydrogen (secondary N) is 3. The molecule has 13 heteroatoms. The third-order valence-corrected chi connectivity index (χ3v) is 6.10. The van der Waals surface area contributed by atoms with E-state index >= 15 is 0 Å². The van der Waals surface area contributed by atoms with Crippen LogP contribution in [0.1, 0.15) is 35.3 Å². The van der Waals surface area contributed by atoms with Crippen LogP contribution in [-0.4, -0.2) is 21.5 Å². The molecule has 0 saturated heterocycles. The van der Waals surface area contributed by atoms with Gasteiger partial charge in [-0.25, -0.2) is 13.8 Å². The summed E-state index contributed by atoms with van der Waals surface area (Å²) < 4.78 is 73.3. The van der Waals surface area contributed by atoms with Crippen molar-refractivity contribution in [2.24, 2.45) is 0 Å². The predicted molar refractivity (Wildman–Crippen MR) is 136 cm³/mol. The van der Waals surface area contributed by atoms with Crippen molar-refractivity contribution in [3.63, 3.8) is 0 Å². The first-order valence-corrected chi connectivity index (χ1v) is 11.3. The minimum atomic E-state index is -4.93. The molecule has 3 N–H and O–H groups in total. The minimum absolute atomic E-state index is 0. The lowest BCUT2D eigenvalue weighted by Gasteiger charge is -2.18. The zero-order valence-electron chi connectivity index (χ0n) is 19.7. The van der Waals surface area contributed by atoms with Crippen molar-refractivity contribution in [3.8, 4) is 5.75 Å². The number of imidazole rings is 1. The number of benzene rings is 3. The predicted octanol–water partition coefficient (Wildman–Crippen LogP) is 7.64. The van der Waals surface area contributed by atoms with Gasteiger partial charge >= 0.3 is 6.18 Å². The highest BCUT2D eigenvalue weighted by molar-refractivity contribution is 6.33. The molecule has 0 saturated carbocycles. The average Bonchev–Trinajstić information content (AvgIpc) is 3.35. The van der Waals surface area contributed by atoms with Crippen molar-refractivity contribution in [2.45, 2.75) is 32.0 Å². The van der Waals surface area contributed by atoms with Gasteiger partial charge in [-0.05, 0) is 50.2 Å². The van der Waals surface area contributed by atoms with Gasteiger partial charge in [0.15, 0.2) is 0 Å². The van der Waals surface area contributed by atoms with Gasteiger partial charge in [0.25, 0.3) is 5.91 Å². The fourth-order valence-corrected chi connectivity index (χ4v) is 4.41. The Hall–Kier alpha value is -3.57. The van der Waals surface area contributed by atoms with E-state index in [9.17, 15) is 26.7 Å². The summed E-state index contributed by atoms with van der Waals surface area (Å²) in [5, 5.41) is 5.31. The van der Waals surface area contributed by atoms with Crippen molar-refractivity contribution < 1.29 is 31.5 Å². The number of ether oxygens (including phenoxy) is 1. The number of para-hydroxylation sites is 1. The van der Waals surface area contributed by atoms with Crippen LogP contribution in [0.2, 0.25) is 5.02 Å². The first kappa shape index (κ1) is 27.5. The van der Waals surface area contributed by atoms with Gasteiger partial charge in [-0.15, -0.1) is 12.4 Å². The fraction of sp³-hybridized carbons (Fsp3) is 0.200. The number of nitrogens with zero attached hydrogens (tertiary/aromatic N) is 1. The third kappa shape index (κ3) is 5.08. The van der Waals surface area contributed by atoms with Crippen molar-refractivity contribution in [2.75, 3.05) is 10.6 Å². The second-order valence-electron chi connectivity index (χ2n) is 9.12. The van der Waals surface area contributed by atoms with Crippen LogP contribution in [0, 0.1) is 11.6 Å². The molecule has 0 atom stereocenters. The van der Waals surface area contributed by atoms with Crippen molar-refractivity contribution in [1.82, 2.24) is 9.97 Å². The molecule has 38 heavy (non-hydrogen) atoms. The number of aromatic nitrogens is 2. The van der Waals surface area contributed by atoms with Crippen LogP contribution in [0.15, 0.2) is 42.5 Å².